The Hall–Kier alpha value is -4.69. The number of nitrogens with zero attached hydrogens (tertiary/aromatic N) is 9. The van der Waals surface area contributed by atoms with Gasteiger partial charge in [0.15, 0.2) is 17.2 Å². The van der Waals surface area contributed by atoms with Crippen LogP contribution in [0.4, 0.5) is 27.5 Å². The molecule has 0 spiro atoms. The molecule has 0 amide bonds. The first-order valence-corrected chi connectivity index (χ1v) is 15.6. The molecule has 1 aliphatic carbocycles. The summed E-state index contributed by atoms with van der Waals surface area (Å²) in [5.74, 6) is 1.54. The molecular formula is C32H32ClFN10O2. The molecule has 1 atom stereocenters. The van der Waals surface area contributed by atoms with Gasteiger partial charge in [-0.15, -0.1) is 5.10 Å². The number of methoxy groups -OCH3 is 1. The van der Waals surface area contributed by atoms with E-state index in [2.05, 4.69) is 37.3 Å². The molecule has 46 heavy (non-hydrogen) atoms. The zero-order valence-electron chi connectivity index (χ0n) is 25.2. The predicted octanol–water partition coefficient (Wildman–Crippen LogP) is 4.30. The highest BCUT2D eigenvalue weighted by molar-refractivity contribution is 6.36. The molecule has 0 radical (unpaired) electrons. The van der Waals surface area contributed by atoms with Crippen molar-refractivity contribution in [3.63, 3.8) is 0 Å². The standard InChI is InChI=1S/C32H32ClFN10O2/c1-45-26-6-2-20(3-7-26)16-43(22-4-5-22)31-30-37-15-24(14-36)44(30)40-32(39-31)38-27-10-21(13-35)11-28(29(27)33)41-8-9-42(23(12-34)17-41)25-18-46-19-25/h2-3,6-7,10-11,15,22-23,25H,4-5,8-9,12,16-19H2,1H3,(H,38,40). The van der Waals surface area contributed by atoms with Gasteiger partial charge in [0.25, 0.3) is 0 Å². The number of aromatic nitrogens is 4. The van der Waals surface area contributed by atoms with Gasteiger partial charge in [-0.25, -0.2) is 9.37 Å². The predicted molar refractivity (Wildman–Crippen MR) is 170 cm³/mol. The molecule has 2 aliphatic heterocycles. The van der Waals surface area contributed by atoms with Gasteiger partial charge in [-0.1, -0.05) is 23.7 Å². The summed E-state index contributed by atoms with van der Waals surface area (Å²) >= 11 is 7.01. The Labute approximate surface area is 270 Å². The summed E-state index contributed by atoms with van der Waals surface area (Å²) in [6.45, 7) is 3.01. The second-order valence-electron chi connectivity index (χ2n) is 11.7. The van der Waals surface area contributed by atoms with Crippen molar-refractivity contribution in [3.05, 3.63) is 64.4 Å². The van der Waals surface area contributed by atoms with Gasteiger partial charge in [-0.2, -0.15) is 20.0 Å². The summed E-state index contributed by atoms with van der Waals surface area (Å²) < 4.78 is 26.3. The highest BCUT2D eigenvalue weighted by Crippen LogP contribution is 2.39. The quantitative estimate of drug-likeness (QED) is 0.266. The van der Waals surface area contributed by atoms with Crippen LogP contribution in [0, 0.1) is 22.7 Å². The molecule has 3 aliphatic rings. The lowest BCUT2D eigenvalue weighted by atomic mass is 10.1. The van der Waals surface area contributed by atoms with Gasteiger partial charge in [0.1, 0.15) is 18.5 Å². The lowest BCUT2D eigenvalue weighted by Crippen LogP contribution is -2.62. The fourth-order valence-corrected chi connectivity index (χ4v) is 6.39. The average molecular weight is 643 g/mol. The van der Waals surface area contributed by atoms with E-state index in [1.165, 1.54) is 10.7 Å². The zero-order valence-corrected chi connectivity index (χ0v) is 26.0. The van der Waals surface area contributed by atoms with Crippen molar-refractivity contribution in [1.29, 1.82) is 10.5 Å². The SMILES string of the molecule is COc1ccc(CN(c2nc(Nc3cc(C#N)cc(N4CCN(C5COC5)C(CF)C4)c3Cl)nn3c(C#N)cnc23)C2CC2)cc1. The number of imidazole rings is 1. The van der Waals surface area contributed by atoms with E-state index < -0.39 is 6.67 Å². The smallest absolute Gasteiger partial charge is 0.247 e. The van der Waals surface area contributed by atoms with Crippen LogP contribution in [0.3, 0.4) is 0 Å². The van der Waals surface area contributed by atoms with Gasteiger partial charge in [-0.05, 0) is 42.7 Å². The van der Waals surface area contributed by atoms with E-state index in [9.17, 15) is 14.9 Å². The summed E-state index contributed by atoms with van der Waals surface area (Å²) in [7, 11) is 1.64. The van der Waals surface area contributed by atoms with Crippen molar-refractivity contribution in [2.45, 2.75) is 37.5 Å². The number of halogens is 2. The Morgan fingerprint density at radius 1 is 1.15 bits per heavy atom. The van der Waals surface area contributed by atoms with Crippen LogP contribution in [0.2, 0.25) is 5.02 Å². The molecule has 2 aromatic heterocycles. The third-order valence-corrected chi connectivity index (χ3v) is 9.19. The monoisotopic (exact) mass is 642 g/mol. The van der Waals surface area contributed by atoms with Crippen molar-refractivity contribution >= 4 is 40.4 Å². The number of benzene rings is 2. The minimum atomic E-state index is -0.496. The van der Waals surface area contributed by atoms with Crippen LogP contribution in [-0.2, 0) is 11.3 Å². The summed E-state index contributed by atoms with van der Waals surface area (Å²) in [5.41, 5.74) is 3.23. The molecule has 1 saturated carbocycles. The minimum absolute atomic E-state index is 0.191. The van der Waals surface area contributed by atoms with Crippen LogP contribution in [0.1, 0.15) is 29.7 Å². The molecule has 14 heteroatoms. The molecule has 12 nitrogen and oxygen atoms in total. The van der Waals surface area contributed by atoms with E-state index in [0.717, 1.165) is 24.2 Å². The van der Waals surface area contributed by atoms with Crippen molar-refractivity contribution in [2.24, 2.45) is 0 Å². The topological polar surface area (TPSA) is 131 Å². The first kappa shape index (κ1) is 30.0. The van der Waals surface area contributed by atoms with Crippen LogP contribution in [-0.4, -0.2) is 89.2 Å². The first-order valence-electron chi connectivity index (χ1n) is 15.2. The Morgan fingerprint density at radius 3 is 2.61 bits per heavy atom. The van der Waals surface area contributed by atoms with Gasteiger partial charge in [0, 0.05) is 32.2 Å². The van der Waals surface area contributed by atoms with Gasteiger partial charge >= 0.3 is 0 Å². The normalized spacial score (nSPS) is 18.5. The Kier molecular flexibility index (Phi) is 8.21. The first-order chi connectivity index (χ1) is 22.5. The molecule has 2 aromatic carbocycles. The number of hydrogen-bond donors (Lipinski definition) is 1. The van der Waals surface area contributed by atoms with Crippen LogP contribution < -0.4 is 19.9 Å². The van der Waals surface area contributed by atoms with E-state index >= 15 is 0 Å². The fraction of sp³-hybridized carbons (Fsp3) is 0.406. The molecule has 7 rings (SSSR count). The van der Waals surface area contributed by atoms with Gasteiger partial charge in [-0.3, -0.25) is 4.90 Å². The summed E-state index contributed by atoms with van der Waals surface area (Å²) in [6, 6.07) is 15.8. The van der Waals surface area contributed by atoms with Crippen molar-refractivity contribution < 1.29 is 13.9 Å². The van der Waals surface area contributed by atoms with Gasteiger partial charge in [0.2, 0.25) is 5.95 Å². The third-order valence-electron chi connectivity index (χ3n) is 8.80. The second kappa shape index (κ2) is 12.6. The van der Waals surface area contributed by atoms with Gasteiger partial charge in [0.05, 0.1) is 66.6 Å². The number of anilines is 4. The number of piperazine rings is 1. The fourth-order valence-electron chi connectivity index (χ4n) is 6.12. The van der Waals surface area contributed by atoms with Crippen molar-refractivity contribution in [3.8, 4) is 17.9 Å². The molecule has 1 unspecified atom stereocenters. The molecule has 4 aromatic rings. The minimum Gasteiger partial charge on any atom is -0.497 e. The highest BCUT2D eigenvalue weighted by Gasteiger charge is 2.37. The molecular weight excluding hydrogens is 611 g/mol. The number of nitrogens with one attached hydrogen (secondary N) is 1. The number of hydrogen-bond acceptors (Lipinski definition) is 11. The maximum atomic E-state index is 14.2. The number of rotatable bonds is 10. The van der Waals surface area contributed by atoms with E-state index in [0.29, 0.717) is 72.8 Å². The van der Waals surface area contributed by atoms with E-state index in [1.54, 1.807) is 19.2 Å². The van der Waals surface area contributed by atoms with Crippen LogP contribution in [0.5, 0.6) is 5.75 Å². The molecule has 1 N–H and O–H groups in total. The lowest BCUT2D eigenvalue weighted by Gasteiger charge is -2.47. The summed E-state index contributed by atoms with van der Waals surface area (Å²) in [6.07, 6.45) is 3.48. The van der Waals surface area contributed by atoms with Gasteiger partial charge < -0.3 is 24.6 Å². The molecule has 236 valence electrons. The second-order valence-corrected chi connectivity index (χ2v) is 12.1. The molecule has 2 saturated heterocycles. The summed E-state index contributed by atoms with van der Waals surface area (Å²) in [4.78, 5) is 15.8. The molecule has 0 bridgehead atoms. The number of nitriles is 2. The molecule has 4 heterocycles. The Balaban J connectivity index is 1.23. The third kappa shape index (κ3) is 5.73. The van der Waals surface area contributed by atoms with Crippen molar-refractivity contribution in [1.82, 2.24) is 24.5 Å². The zero-order chi connectivity index (χ0) is 31.8. The Morgan fingerprint density at radius 2 is 1.96 bits per heavy atom. The Bertz CT molecular complexity index is 1830. The van der Waals surface area contributed by atoms with Crippen molar-refractivity contribution in [2.75, 3.05) is 61.7 Å². The molecule has 3 fully saturated rings. The lowest BCUT2D eigenvalue weighted by molar-refractivity contribution is -0.0842. The maximum absolute atomic E-state index is 14.2. The van der Waals surface area contributed by atoms with Crippen LogP contribution >= 0.6 is 11.6 Å². The largest absolute Gasteiger partial charge is 0.497 e. The van der Waals surface area contributed by atoms with E-state index in [-0.39, 0.29) is 29.8 Å². The number of alkyl halides is 1. The number of fused-ring (bicyclic) bond motifs is 1. The van der Waals surface area contributed by atoms with Crippen LogP contribution in [0.25, 0.3) is 5.65 Å². The summed E-state index contributed by atoms with van der Waals surface area (Å²) in [5, 5.41) is 28.0. The van der Waals surface area contributed by atoms with E-state index in [4.69, 9.17) is 26.1 Å². The van der Waals surface area contributed by atoms with E-state index in [1.807, 2.05) is 29.2 Å². The highest BCUT2D eigenvalue weighted by atomic mass is 35.5. The maximum Gasteiger partial charge on any atom is 0.247 e. The van der Waals surface area contributed by atoms with Crippen LogP contribution in [0.15, 0.2) is 42.6 Å². The average Bonchev–Trinajstić information content (AvgIpc) is 3.82. The number of ether oxygens (including phenoxy) is 2.